The predicted molar refractivity (Wildman–Crippen MR) is 36.0 cm³/mol. The first-order chi connectivity index (χ1) is 4.56. The molecule has 1 fully saturated rings. The lowest BCUT2D eigenvalue weighted by Crippen LogP contribution is -2.41. The van der Waals surface area contributed by atoms with Crippen molar-refractivity contribution in [1.29, 1.82) is 0 Å². The monoisotopic (exact) mass is 163 g/mol. The van der Waals surface area contributed by atoms with E-state index in [9.17, 15) is 13.2 Å². The lowest BCUT2D eigenvalue weighted by molar-refractivity contribution is -0.123. The van der Waals surface area contributed by atoms with Crippen LogP contribution in [0.1, 0.15) is 12.8 Å². The molecule has 0 aromatic carbocycles. The standard InChI is InChI=1S/C5H9NO3S/c1-6-10(8,9)5-2-4(7)3-5/h5-6H,2-3H2,1H3. The van der Waals surface area contributed by atoms with Gasteiger partial charge in [-0.2, -0.15) is 0 Å². The highest BCUT2D eigenvalue weighted by atomic mass is 32.2. The number of hydrogen-bond donors (Lipinski definition) is 1. The summed E-state index contributed by atoms with van der Waals surface area (Å²) >= 11 is 0. The number of rotatable bonds is 2. The third-order valence-electron chi connectivity index (χ3n) is 1.63. The van der Waals surface area contributed by atoms with Gasteiger partial charge < -0.3 is 0 Å². The number of hydrogen-bond acceptors (Lipinski definition) is 3. The summed E-state index contributed by atoms with van der Waals surface area (Å²) in [7, 11) is -1.81. The molecule has 0 heterocycles. The molecular formula is C5H9NO3S. The number of carbonyl (C=O) groups excluding carboxylic acids is 1. The van der Waals surface area contributed by atoms with Crippen molar-refractivity contribution < 1.29 is 13.2 Å². The Hall–Kier alpha value is -0.420. The fourth-order valence-electron chi connectivity index (χ4n) is 0.834. The van der Waals surface area contributed by atoms with Crippen molar-refractivity contribution in [3.05, 3.63) is 0 Å². The number of carbonyl (C=O) groups is 1. The van der Waals surface area contributed by atoms with E-state index in [2.05, 4.69) is 4.72 Å². The molecule has 1 rings (SSSR count). The van der Waals surface area contributed by atoms with E-state index < -0.39 is 15.3 Å². The Kier molecular flexibility index (Phi) is 1.78. The molecule has 4 nitrogen and oxygen atoms in total. The van der Waals surface area contributed by atoms with E-state index in [1.54, 1.807) is 0 Å². The van der Waals surface area contributed by atoms with Crippen LogP contribution >= 0.6 is 0 Å². The van der Waals surface area contributed by atoms with Crippen LogP contribution in [0.25, 0.3) is 0 Å². The summed E-state index contributed by atoms with van der Waals surface area (Å²) in [5.41, 5.74) is 0. The van der Waals surface area contributed by atoms with Crippen molar-refractivity contribution in [1.82, 2.24) is 4.72 Å². The Morgan fingerprint density at radius 2 is 2.00 bits per heavy atom. The van der Waals surface area contributed by atoms with Crippen molar-refractivity contribution in [3.63, 3.8) is 0 Å². The molecule has 0 spiro atoms. The molecule has 0 amide bonds. The Morgan fingerprint density at radius 3 is 2.30 bits per heavy atom. The van der Waals surface area contributed by atoms with E-state index in [1.807, 2.05) is 0 Å². The van der Waals surface area contributed by atoms with Crippen molar-refractivity contribution in [3.8, 4) is 0 Å². The van der Waals surface area contributed by atoms with Gasteiger partial charge in [-0.3, -0.25) is 4.79 Å². The first kappa shape index (κ1) is 7.68. The molecule has 58 valence electrons. The Balaban J connectivity index is 2.61. The van der Waals surface area contributed by atoms with Gasteiger partial charge in [0.15, 0.2) is 0 Å². The molecule has 0 unspecified atom stereocenters. The minimum Gasteiger partial charge on any atom is -0.300 e. The van der Waals surface area contributed by atoms with Crippen molar-refractivity contribution in [2.45, 2.75) is 18.1 Å². The summed E-state index contributed by atoms with van der Waals surface area (Å²) in [5, 5.41) is -0.468. The fraction of sp³-hybridized carbons (Fsp3) is 0.800. The summed E-state index contributed by atoms with van der Waals surface area (Å²) < 4.78 is 23.9. The van der Waals surface area contributed by atoms with Crippen LogP contribution in [-0.2, 0) is 14.8 Å². The topological polar surface area (TPSA) is 63.2 Å². The maximum absolute atomic E-state index is 10.9. The molecule has 5 heteroatoms. The quantitative estimate of drug-likeness (QED) is 0.583. The van der Waals surface area contributed by atoms with Crippen LogP contribution in [0.3, 0.4) is 0 Å². The zero-order chi connectivity index (χ0) is 7.78. The Morgan fingerprint density at radius 1 is 1.50 bits per heavy atom. The average Bonchev–Trinajstić information content (AvgIpc) is 1.81. The summed E-state index contributed by atoms with van der Waals surface area (Å²) in [6, 6.07) is 0. The van der Waals surface area contributed by atoms with E-state index in [1.165, 1.54) is 7.05 Å². The third kappa shape index (κ3) is 1.19. The van der Waals surface area contributed by atoms with Crippen molar-refractivity contribution >= 4 is 15.8 Å². The highest BCUT2D eigenvalue weighted by Crippen LogP contribution is 2.21. The SMILES string of the molecule is CNS(=O)(=O)C1CC(=O)C1. The normalized spacial score (nSPS) is 20.7. The van der Waals surface area contributed by atoms with Gasteiger partial charge >= 0.3 is 0 Å². The van der Waals surface area contributed by atoms with Gasteiger partial charge in [-0.05, 0) is 7.05 Å². The van der Waals surface area contributed by atoms with Crippen LogP contribution in [0.2, 0.25) is 0 Å². The van der Waals surface area contributed by atoms with Crippen LogP contribution in [0.4, 0.5) is 0 Å². The molecule has 0 bridgehead atoms. The smallest absolute Gasteiger partial charge is 0.215 e. The minimum absolute atomic E-state index is 0.0313. The molecular weight excluding hydrogens is 154 g/mol. The fourth-order valence-corrected chi connectivity index (χ4v) is 1.98. The average molecular weight is 163 g/mol. The van der Waals surface area contributed by atoms with Gasteiger partial charge in [0.1, 0.15) is 5.78 Å². The Bertz CT molecular complexity index is 236. The zero-order valence-electron chi connectivity index (χ0n) is 5.62. The van der Waals surface area contributed by atoms with Gasteiger partial charge in [-0.25, -0.2) is 13.1 Å². The molecule has 1 saturated carbocycles. The molecule has 0 aromatic rings. The van der Waals surface area contributed by atoms with Crippen molar-refractivity contribution in [2.24, 2.45) is 0 Å². The maximum Gasteiger partial charge on any atom is 0.215 e. The first-order valence-electron chi connectivity index (χ1n) is 3.00. The lowest BCUT2D eigenvalue weighted by Gasteiger charge is -2.22. The molecule has 0 aromatic heterocycles. The predicted octanol–water partition coefficient (Wildman–Crippen LogP) is -0.733. The van der Waals surface area contributed by atoms with Gasteiger partial charge in [0.05, 0.1) is 5.25 Å². The van der Waals surface area contributed by atoms with Gasteiger partial charge in [-0.15, -0.1) is 0 Å². The van der Waals surface area contributed by atoms with Crippen LogP contribution in [-0.4, -0.2) is 26.5 Å². The molecule has 1 aliphatic rings. The van der Waals surface area contributed by atoms with E-state index in [0.29, 0.717) is 0 Å². The summed E-state index contributed by atoms with van der Waals surface area (Å²) in [4.78, 5) is 10.4. The lowest BCUT2D eigenvalue weighted by atomic mass is 9.98. The van der Waals surface area contributed by atoms with Gasteiger partial charge in [0.2, 0.25) is 10.0 Å². The second-order valence-electron chi connectivity index (χ2n) is 2.32. The van der Waals surface area contributed by atoms with Crippen LogP contribution in [0.15, 0.2) is 0 Å². The molecule has 1 aliphatic carbocycles. The van der Waals surface area contributed by atoms with E-state index >= 15 is 0 Å². The molecule has 0 saturated heterocycles. The van der Waals surface area contributed by atoms with Crippen LogP contribution in [0.5, 0.6) is 0 Å². The molecule has 0 radical (unpaired) electrons. The largest absolute Gasteiger partial charge is 0.300 e. The minimum atomic E-state index is -3.17. The van der Waals surface area contributed by atoms with Gasteiger partial charge in [-0.1, -0.05) is 0 Å². The van der Waals surface area contributed by atoms with Crippen LogP contribution in [0, 0.1) is 0 Å². The summed E-state index contributed by atoms with van der Waals surface area (Å²) in [6.45, 7) is 0. The number of Topliss-reactive ketones (excluding diaryl/α,β-unsaturated/α-hetero) is 1. The van der Waals surface area contributed by atoms with E-state index in [0.717, 1.165) is 0 Å². The molecule has 1 N–H and O–H groups in total. The van der Waals surface area contributed by atoms with E-state index in [4.69, 9.17) is 0 Å². The summed E-state index contributed by atoms with van der Waals surface area (Å²) in [6.07, 6.45) is 0.367. The number of sulfonamides is 1. The summed E-state index contributed by atoms with van der Waals surface area (Å²) in [5.74, 6) is 0.0313. The zero-order valence-corrected chi connectivity index (χ0v) is 6.44. The maximum atomic E-state index is 10.9. The van der Waals surface area contributed by atoms with E-state index in [-0.39, 0.29) is 18.6 Å². The number of nitrogens with one attached hydrogen (secondary N) is 1. The van der Waals surface area contributed by atoms with Gasteiger partial charge in [0, 0.05) is 12.8 Å². The molecule has 10 heavy (non-hydrogen) atoms. The second-order valence-corrected chi connectivity index (χ2v) is 4.48. The van der Waals surface area contributed by atoms with Gasteiger partial charge in [0.25, 0.3) is 0 Å². The van der Waals surface area contributed by atoms with Crippen LogP contribution < -0.4 is 4.72 Å². The highest BCUT2D eigenvalue weighted by Gasteiger charge is 2.36. The second kappa shape index (κ2) is 2.32. The third-order valence-corrected chi connectivity index (χ3v) is 3.41. The first-order valence-corrected chi connectivity index (χ1v) is 4.55. The molecule has 0 aliphatic heterocycles. The molecule has 0 atom stereocenters. The van der Waals surface area contributed by atoms with Crippen molar-refractivity contribution in [2.75, 3.05) is 7.05 Å². The Labute approximate surface area is 59.7 Å². The highest BCUT2D eigenvalue weighted by molar-refractivity contribution is 7.90. The number of ketones is 1.